The largest absolute Gasteiger partial charge is 0.313 e. The topological polar surface area (TPSA) is 15.3 Å². The molecule has 0 amide bonds. The van der Waals surface area contributed by atoms with Crippen LogP contribution >= 0.6 is 0 Å². The third kappa shape index (κ3) is 4.97. The molecule has 0 bridgehead atoms. The lowest BCUT2D eigenvalue weighted by molar-refractivity contribution is 0.140. The highest BCUT2D eigenvalue weighted by Gasteiger charge is 2.27. The van der Waals surface area contributed by atoms with Gasteiger partial charge in [0.15, 0.2) is 0 Å². The standard InChI is InChI=1S/C15H32N2/c1-5-16-14-10-8-7-9-11-15(14)17(6-2)12-13(3)4/h13-16H,5-12H2,1-4H3. The lowest BCUT2D eigenvalue weighted by Gasteiger charge is -2.37. The molecule has 1 aliphatic rings. The van der Waals surface area contributed by atoms with E-state index in [9.17, 15) is 0 Å². The highest BCUT2D eigenvalue weighted by Crippen LogP contribution is 2.23. The van der Waals surface area contributed by atoms with Crippen LogP contribution in [-0.2, 0) is 0 Å². The fourth-order valence-corrected chi connectivity index (χ4v) is 3.19. The molecule has 0 saturated heterocycles. The Kier molecular flexibility index (Phi) is 7.14. The average Bonchev–Trinajstić information content (AvgIpc) is 2.52. The molecule has 1 saturated carbocycles. The van der Waals surface area contributed by atoms with Gasteiger partial charge in [0.25, 0.3) is 0 Å². The molecule has 0 aromatic heterocycles. The van der Waals surface area contributed by atoms with Crippen molar-refractivity contribution in [3.63, 3.8) is 0 Å². The maximum Gasteiger partial charge on any atom is 0.0249 e. The van der Waals surface area contributed by atoms with Crippen LogP contribution in [0, 0.1) is 5.92 Å². The summed E-state index contributed by atoms with van der Waals surface area (Å²) < 4.78 is 0. The maximum atomic E-state index is 3.72. The molecule has 2 unspecified atom stereocenters. The van der Waals surface area contributed by atoms with Crippen molar-refractivity contribution in [3.8, 4) is 0 Å². The number of likely N-dealkylation sites (N-methyl/N-ethyl adjacent to an activating group) is 2. The Morgan fingerprint density at radius 2 is 1.82 bits per heavy atom. The molecule has 1 aliphatic carbocycles. The van der Waals surface area contributed by atoms with E-state index in [1.807, 2.05) is 0 Å². The molecule has 102 valence electrons. The van der Waals surface area contributed by atoms with Crippen LogP contribution in [0.2, 0.25) is 0 Å². The maximum absolute atomic E-state index is 3.72. The van der Waals surface area contributed by atoms with Gasteiger partial charge in [-0.2, -0.15) is 0 Å². The van der Waals surface area contributed by atoms with Crippen LogP contribution in [0.5, 0.6) is 0 Å². The molecule has 0 aromatic rings. The van der Waals surface area contributed by atoms with E-state index < -0.39 is 0 Å². The highest BCUT2D eigenvalue weighted by molar-refractivity contribution is 4.86. The molecule has 0 aromatic carbocycles. The zero-order valence-electron chi connectivity index (χ0n) is 12.3. The van der Waals surface area contributed by atoms with Crippen LogP contribution < -0.4 is 5.32 Å². The lowest BCUT2D eigenvalue weighted by Crippen LogP contribution is -2.50. The van der Waals surface area contributed by atoms with Crippen LogP contribution in [0.1, 0.15) is 59.8 Å². The van der Waals surface area contributed by atoms with Crippen LogP contribution in [0.4, 0.5) is 0 Å². The summed E-state index contributed by atoms with van der Waals surface area (Å²) in [6.45, 7) is 12.8. The van der Waals surface area contributed by atoms with Crippen molar-refractivity contribution in [3.05, 3.63) is 0 Å². The molecule has 1 fully saturated rings. The number of rotatable bonds is 6. The minimum Gasteiger partial charge on any atom is -0.313 e. The summed E-state index contributed by atoms with van der Waals surface area (Å²) in [4.78, 5) is 2.71. The van der Waals surface area contributed by atoms with E-state index in [-0.39, 0.29) is 0 Å². The third-order valence-corrected chi connectivity index (χ3v) is 3.92. The quantitative estimate of drug-likeness (QED) is 0.717. The van der Waals surface area contributed by atoms with Crippen LogP contribution in [0.25, 0.3) is 0 Å². The zero-order chi connectivity index (χ0) is 12.7. The van der Waals surface area contributed by atoms with E-state index in [1.54, 1.807) is 0 Å². The van der Waals surface area contributed by atoms with Crippen LogP contribution in [-0.4, -0.2) is 36.6 Å². The van der Waals surface area contributed by atoms with Crippen molar-refractivity contribution in [2.45, 2.75) is 71.9 Å². The summed E-state index contributed by atoms with van der Waals surface area (Å²) in [5.41, 5.74) is 0. The van der Waals surface area contributed by atoms with E-state index in [2.05, 4.69) is 37.9 Å². The van der Waals surface area contributed by atoms with Crippen molar-refractivity contribution < 1.29 is 0 Å². The molecule has 0 spiro atoms. The van der Waals surface area contributed by atoms with E-state index in [0.29, 0.717) is 0 Å². The molecule has 2 atom stereocenters. The second kappa shape index (κ2) is 8.10. The molecule has 2 heteroatoms. The second-order valence-corrected chi connectivity index (χ2v) is 5.85. The summed E-state index contributed by atoms with van der Waals surface area (Å²) in [6.07, 6.45) is 7.01. The SMILES string of the molecule is CCNC1CCCCCC1N(CC)CC(C)C. The Morgan fingerprint density at radius 3 is 2.41 bits per heavy atom. The first kappa shape index (κ1) is 15.0. The van der Waals surface area contributed by atoms with Gasteiger partial charge in [-0.05, 0) is 31.8 Å². The lowest BCUT2D eigenvalue weighted by atomic mass is 10.00. The average molecular weight is 240 g/mol. The molecule has 2 nitrogen and oxygen atoms in total. The Labute approximate surface area is 108 Å². The van der Waals surface area contributed by atoms with Gasteiger partial charge in [-0.15, -0.1) is 0 Å². The number of nitrogens with one attached hydrogen (secondary N) is 1. The summed E-state index contributed by atoms with van der Waals surface area (Å²) >= 11 is 0. The van der Waals surface area contributed by atoms with E-state index >= 15 is 0 Å². The van der Waals surface area contributed by atoms with Gasteiger partial charge in [0.1, 0.15) is 0 Å². The number of hydrogen-bond donors (Lipinski definition) is 1. The first-order valence-electron chi connectivity index (χ1n) is 7.66. The van der Waals surface area contributed by atoms with Crippen molar-refractivity contribution in [2.24, 2.45) is 5.92 Å². The van der Waals surface area contributed by atoms with Gasteiger partial charge >= 0.3 is 0 Å². The van der Waals surface area contributed by atoms with Gasteiger partial charge in [-0.1, -0.05) is 47.0 Å². The van der Waals surface area contributed by atoms with Gasteiger partial charge in [-0.3, -0.25) is 4.90 Å². The molecule has 0 radical (unpaired) electrons. The summed E-state index contributed by atoms with van der Waals surface area (Å²) in [5.74, 6) is 0.778. The monoisotopic (exact) mass is 240 g/mol. The van der Waals surface area contributed by atoms with E-state index in [0.717, 1.165) is 24.5 Å². The smallest absolute Gasteiger partial charge is 0.0249 e. The molecule has 1 rings (SSSR count). The number of nitrogens with zero attached hydrogens (tertiary/aromatic N) is 1. The normalized spacial score (nSPS) is 26.5. The first-order chi connectivity index (χ1) is 8.19. The summed E-state index contributed by atoms with van der Waals surface area (Å²) in [6, 6.07) is 1.49. The van der Waals surface area contributed by atoms with Crippen molar-refractivity contribution in [2.75, 3.05) is 19.6 Å². The second-order valence-electron chi connectivity index (χ2n) is 5.85. The van der Waals surface area contributed by atoms with Crippen LogP contribution in [0.3, 0.4) is 0 Å². The predicted octanol–water partition coefficient (Wildman–Crippen LogP) is 3.28. The zero-order valence-corrected chi connectivity index (χ0v) is 12.3. The third-order valence-electron chi connectivity index (χ3n) is 3.92. The fourth-order valence-electron chi connectivity index (χ4n) is 3.19. The van der Waals surface area contributed by atoms with Gasteiger partial charge in [0.05, 0.1) is 0 Å². The Hall–Kier alpha value is -0.0800. The molecule has 0 heterocycles. The van der Waals surface area contributed by atoms with E-state index in [1.165, 1.54) is 45.2 Å². The number of hydrogen-bond acceptors (Lipinski definition) is 2. The van der Waals surface area contributed by atoms with Gasteiger partial charge < -0.3 is 5.32 Å². The van der Waals surface area contributed by atoms with Gasteiger partial charge in [0.2, 0.25) is 0 Å². The van der Waals surface area contributed by atoms with Gasteiger partial charge in [0, 0.05) is 18.6 Å². The van der Waals surface area contributed by atoms with E-state index in [4.69, 9.17) is 0 Å². The Morgan fingerprint density at radius 1 is 1.12 bits per heavy atom. The minimum absolute atomic E-state index is 0.723. The van der Waals surface area contributed by atoms with Gasteiger partial charge in [-0.25, -0.2) is 0 Å². The molecule has 17 heavy (non-hydrogen) atoms. The Balaban J connectivity index is 2.64. The fraction of sp³-hybridized carbons (Fsp3) is 1.00. The summed E-state index contributed by atoms with van der Waals surface area (Å²) in [7, 11) is 0. The summed E-state index contributed by atoms with van der Waals surface area (Å²) in [5, 5.41) is 3.72. The highest BCUT2D eigenvalue weighted by atomic mass is 15.2. The van der Waals surface area contributed by atoms with Crippen molar-refractivity contribution in [1.82, 2.24) is 10.2 Å². The van der Waals surface area contributed by atoms with Crippen molar-refractivity contribution in [1.29, 1.82) is 0 Å². The van der Waals surface area contributed by atoms with Crippen molar-refractivity contribution >= 4 is 0 Å². The molecule has 0 aliphatic heterocycles. The Bertz CT molecular complexity index is 191. The minimum atomic E-state index is 0.723. The predicted molar refractivity (Wildman–Crippen MR) is 76.4 cm³/mol. The first-order valence-corrected chi connectivity index (χ1v) is 7.66. The molecule has 1 N–H and O–H groups in total. The molecular formula is C15H32N2. The van der Waals surface area contributed by atoms with Crippen LogP contribution in [0.15, 0.2) is 0 Å². The molecular weight excluding hydrogens is 208 g/mol.